The van der Waals surface area contributed by atoms with Crippen molar-refractivity contribution in [1.82, 2.24) is 14.9 Å². The van der Waals surface area contributed by atoms with Crippen LogP contribution in [0.25, 0.3) is 10.2 Å². The minimum absolute atomic E-state index is 0.250. The lowest BCUT2D eigenvalue weighted by molar-refractivity contribution is -0.130. The van der Waals surface area contributed by atoms with Crippen molar-refractivity contribution in [2.24, 2.45) is 11.8 Å². The van der Waals surface area contributed by atoms with Crippen LogP contribution >= 0.6 is 23.1 Å². The number of thiophene rings is 1. The van der Waals surface area contributed by atoms with E-state index in [-0.39, 0.29) is 5.91 Å². The van der Waals surface area contributed by atoms with E-state index in [4.69, 9.17) is 0 Å². The molecule has 2 aliphatic rings. The summed E-state index contributed by atoms with van der Waals surface area (Å²) in [5.74, 6) is 2.74. The number of fused-ring (bicyclic) bond motifs is 3. The first-order valence-electron chi connectivity index (χ1n) is 9.20. The van der Waals surface area contributed by atoms with Gasteiger partial charge >= 0.3 is 0 Å². The normalized spacial score (nSPS) is 23.2. The third kappa shape index (κ3) is 3.43. The summed E-state index contributed by atoms with van der Waals surface area (Å²) in [5, 5.41) is 2.23. The van der Waals surface area contributed by atoms with Gasteiger partial charge in [-0.05, 0) is 50.0 Å². The molecule has 0 unspecified atom stereocenters. The number of aryl methyl sites for hydroxylation is 3. The zero-order chi connectivity index (χ0) is 17.6. The predicted octanol–water partition coefficient (Wildman–Crippen LogP) is 4.09. The quantitative estimate of drug-likeness (QED) is 0.599. The van der Waals surface area contributed by atoms with Crippen LogP contribution in [0.4, 0.5) is 0 Å². The van der Waals surface area contributed by atoms with E-state index in [1.807, 2.05) is 18.3 Å². The van der Waals surface area contributed by atoms with Crippen molar-refractivity contribution in [2.45, 2.75) is 51.5 Å². The second-order valence-corrected chi connectivity index (χ2v) is 9.69. The lowest BCUT2D eigenvalue weighted by atomic mass is 9.92. The van der Waals surface area contributed by atoms with Gasteiger partial charge in [0.2, 0.25) is 5.91 Å². The van der Waals surface area contributed by atoms with Crippen LogP contribution in [0, 0.1) is 18.8 Å². The Hall–Kier alpha value is -1.14. The number of aromatic nitrogens is 2. The molecular formula is C19H25N3OS2. The molecule has 1 aliphatic heterocycles. The molecule has 134 valence electrons. The lowest BCUT2D eigenvalue weighted by Gasteiger charge is -2.35. The van der Waals surface area contributed by atoms with Crippen LogP contribution in [-0.4, -0.2) is 39.6 Å². The topological polar surface area (TPSA) is 46.1 Å². The molecule has 4 nitrogen and oxygen atoms in total. The number of likely N-dealkylation sites (tertiary alicyclic amines) is 1. The number of carbonyl (C=O) groups is 1. The van der Waals surface area contributed by atoms with Gasteiger partial charge in [-0.3, -0.25) is 4.79 Å². The van der Waals surface area contributed by atoms with E-state index >= 15 is 0 Å². The van der Waals surface area contributed by atoms with Gasteiger partial charge < -0.3 is 4.90 Å². The van der Waals surface area contributed by atoms with Crippen molar-refractivity contribution >= 4 is 39.2 Å². The van der Waals surface area contributed by atoms with Gasteiger partial charge in [0, 0.05) is 23.4 Å². The lowest BCUT2D eigenvalue weighted by Crippen LogP contribution is -2.43. The average Bonchev–Trinajstić information content (AvgIpc) is 3.11. The first kappa shape index (κ1) is 17.3. The molecule has 2 aromatic rings. The number of nitrogens with zero attached hydrogens (tertiary/aromatic N) is 3. The summed E-state index contributed by atoms with van der Waals surface area (Å²) in [5.41, 5.74) is 1.44. The molecule has 0 bridgehead atoms. The van der Waals surface area contributed by atoms with Crippen LogP contribution in [0.2, 0.25) is 0 Å². The molecule has 2 atom stereocenters. The fraction of sp³-hybridized carbons (Fsp3) is 0.632. The third-order valence-corrected chi connectivity index (χ3v) is 7.34. The average molecular weight is 376 g/mol. The highest BCUT2D eigenvalue weighted by Gasteiger charge is 2.26. The van der Waals surface area contributed by atoms with Gasteiger partial charge in [0.25, 0.3) is 0 Å². The van der Waals surface area contributed by atoms with Crippen LogP contribution in [0.1, 0.15) is 43.0 Å². The molecule has 3 heterocycles. The van der Waals surface area contributed by atoms with Gasteiger partial charge in [-0.1, -0.05) is 25.6 Å². The Labute approximate surface area is 157 Å². The Morgan fingerprint density at radius 2 is 2.00 bits per heavy atom. The van der Waals surface area contributed by atoms with Crippen LogP contribution in [0.3, 0.4) is 0 Å². The maximum atomic E-state index is 12.7. The predicted molar refractivity (Wildman–Crippen MR) is 104 cm³/mol. The molecule has 1 fully saturated rings. The molecule has 0 aromatic carbocycles. The third-order valence-electron chi connectivity index (χ3n) is 5.20. The smallest absolute Gasteiger partial charge is 0.233 e. The summed E-state index contributed by atoms with van der Waals surface area (Å²) in [6.07, 6.45) is 4.76. The van der Waals surface area contributed by atoms with E-state index in [2.05, 4.69) is 28.7 Å². The molecule has 25 heavy (non-hydrogen) atoms. The Balaban J connectivity index is 1.54. The molecule has 0 spiro atoms. The second kappa shape index (κ2) is 6.88. The summed E-state index contributed by atoms with van der Waals surface area (Å²) >= 11 is 3.42. The van der Waals surface area contributed by atoms with E-state index in [1.165, 1.54) is 35.1 Å². The zero-order valence-corrected chi connectivity index (χ0v) is 16.8. The number of thioether (sulfide) groups is 1. The van der Waals surface area contributed by atoms with Crippen LogP contribution < -0.4 is 0 Å². The Morgan fingerprint density at radius 1 is 1.24 bits per heavy atom. The van der Waals surface area contributed by atoms with Gasteiger partial charge in [-0.2, -0.15) is 0 Å². The highest BCUT2D eigenvalue weighted by Crippen LogP contribution is 2.40. The van der Waals surface area contributed by atoms with Crippen molar-refractivity contribution < 1.29 is 4.79 Å². The van der Waals surface area contributed by atoms with Gasteiger partial charge in [0.1, 0.15) is 15.7 Å². The first-order chi connectivity index (χ1) is 12.0. The molecule has 1 amide bonds. The number of hydrogen-bond acceptors (Lipinski definition) is 5. The van der Waals surface area contributed by atoms with Crippen molar-refractivity contribution in [3.8, 4) is 0 Å². The molecule has 4 rings (SSSR count). The van der Waals surface area contributed by atoms with E-state index in [0.717, 1.165) is 35.2 Å². The van der Waals surface area contributed by atoms with Gasteiger partial charge in [-0.25, -0.2) is 9.97 Å². The van der Waals surface area contributed by atoms with E-state index in [0.29, 0.717) is 17.6 Å². The summed E-state index contributed by atoms with van der Waals surface area (Å²) in [6.45, 7) is 8.24. The molecule has 0 N–H and O–H groups in total. The van der Waals surface area contributed by atoms with Crippen LogP contribution in [0.5, 0.6) is 0 Å². The van der Waals surface area contributed by atoms with E-state index in [9.17, 15) is 4.79 Å². The van der Waals surface area contributed by atoms with E-state index < -0.39 is 0 Å². The summed E-state index contributed by atoms with van der Waals surface area (Å²) in [4.78, 5) is 26.7. The van der Waals surface area contributed by atoms with Crippen LogP contribution in [0.15, 0.2) is 5.03 Å². The van der Waals surface area contributed by atoms with Crippen molar-refractivity contribution in [3.63, 3.8) is 0 Å². The maximum absolute atomic E-state index is 12.7. The summed E-state index contributed by atoms with van der Waals surface area (Å²) < 4.78 is 0. The van der Waals surface area contributed by atoms with Crippen LogP contribution in [-0.2, 0) is 17.6 Å². The Morgan fingerprint density at radius 3 is 2.76 bits per heavy atom. The molecular weight excluding hydrogens is 350 g/mol. The zero-order valence-electron chi connectivity index (χ0n) is 15.2. The fourth-order valence-electron chi connectivity index (χ4n) is 4.26. The highest BCUT2D eigenvalue weighted by molar-refractivity contribution is 8.00. The monoisotopic (exact) mass is 375 g/mol. The Kier molecular flexibility index (Phi) is 4.75. The standard InChI is InChI=1S/C19H25N3OS2/c1-11-7-12(2)9-22(8-11)16(23)10-24-18-17-14-5-4-6-15(14)25-19(17)21-13(3)20-18/h11-12H,4-10H2,1-3H3/t11-,12+. The fourth-order valence-corrected chi connectivity index (χ4v) is 6.63. The first-order valence-corrected chi connectivity index (χ1v) is 11.0. The summed E-state index contributed by atoms with van der Waals surface area (Å²) in [7, 11) is 0. The highest BCUT2D eigenvalue weighted by atomic mass is 32.2. The van der Waals surface area contributed by atoms with Crippen molar-refractivity contribution in [3.05, 3.63) is 16.3 Å². The number of carbonyl (C=O) groups excluding carboxylic acids is 1. The van der Waals surface area contributed by atoms with Gasteiger partial charge in [0.05, 0.1) is 5.75 Å². The minimum Gasteiger partial charge on any atom is -0.341 e. The molecule has 2 aromatic heterocycles. The molecule has 0 saturated carbocycles. The largest absolute Gasteiger partial charge is 0.341 e. The van der Waals surface area contributed by atoms with Gasteiger partial charge in [0.15, 0.2) is 0 Å². The molecule has 1 aliphatic carbocycles. The molecule has 1 saturated heterocycles. The molecule has 6 heteroatoms. The van der Waals surface area contributed by atoms with Crippen molar-refractivity contribution in [1.29, 1.82) is 0 Å². The number of amides is 1. The van der Waals surface area contributed by atoms with E-state index in [1.54, 1.807) is 11.8 Å². The maximum Gasteiger partial charge on any atom is 0.233 e. The number of piperidine rings is 1. The van der Waals surface area contributed by atoms with Gasteiger partial charge in [-0.15, -0.1) is 11.3 Å². The SMILES string of the molecule is Cc1nc(SCC(=O)N2C[C@H](C)C[C@H](C)C2)c2c3c(sc2n1)CCC3. The Bertz CT molecular complexity index is 807. The number of hydrogen-bond donors (Lipinski definition) is 0. The molecule has 0 radical (unpaired) electrons. The number of rotatable bonds is 3. The minimum atomic E-state index is 0.250. The summed E-state index contributed by atoms with van der Waals surface area (Å²) in [6, 6.07) is 0. The van der Waals surface area contributed by atoms with Crippen molar-refractivity contribution in [2.75, 3.05) is 18.8 Å². The second-order valence-electron chi connectivity index (χ2n) is 7.65.